The van der Waals surface area contributed by atoms with E-state index in [1.54, 1.807) is 11.9 Å². The van der Waals surface area contributed by atoms with Gasteiger partial charge in [-0.05, 0) is 58.3 Å². The minimum atomic E-state index is -0.452. The lowest BCUT2D eigenvalue weighted by atomic mass is 9.82. The first-order chi connectivity index (χ1) is 10.2. The van der Waals surface area contributed by atoms with E-state index in [0.29, 0.717) is 24.9 Å². The van der Waals surface area contributed by atoms with Gasteiger partial charge in [0.15, 0.2) is 0 Å². The molecule has 0 heterocycles. The third kappa shape index (κ3) is 7.14. The second kappa shape index (κ2) is 8.39. The van der Waals surface area contributed by atoms with E-state index in [1.165, 1.54) is 0 Å². The zero-order chi connectivity index (χ0) is 16.8. The second-order valence-electron chi connectivity index (χ2n) is 7.28. The molecular formula is C17H31NO4. The fourth-order valence-electron chi connectivity index (χ4n) is 2.70. The Bertz CT molecular complexity index is 367. The van der Waals surface area contributed by atoms with Crippen LogP contribution in [0, 0.1) is 11.8 Å². The topological polar surface area (TPSA) is 55.8 Å². The Kier molecular flexibility index (Phi) is 7.17. The van der Waals surface area contributed by atoms with E-state index in [9.17, 15) is 9.59 Å². The lowest BCUT2D eigenvalue weighted by Crippen LogP contribution is -2.38. The lowest BCUT2D eigenvalue weighted by molar-refractivity contribution is -0.145. The Labute approximate surface area is 134 Å². The van der Waals surface area contributed by atoms with Crippen LogP contribution in [0.15, 0.2) is 0 Å². The van der Waals surface area contributed by atoms with Crippen LogP contribution in [0.2, 0.25) is 0 Å². The van der Waals surface area contributed by atoms with Gasteiger partial charge in [0.1, 0.15) is 5.60 Å². The van der Waals surface area contributed by atoms with Gasteiger partial charge in [-0.1, -0.05) is 6.92 Å². The van der Waals surface area contributed by atoms with E-state index < -0.39 is 5.60 Å². The molecule has 0 unspecified atom stereocenters. The molecule has 1 amide bonds. The van der Waals surface area contributed by atoms with Gasteiger partial charge in [0.2, 0.25) is 0 Å². The normalized spacial score (nSPS) is 22.0. The zero-order valence-corrected chi connectivity index (χ0v) is 14.7. The SMILES string of the molecule is CCC(=O)OCC1CCC(CN(C)C(=O)OC(C)(C)C)CC1. The van der Waals surface area contributed by atoms with Gasteiger partial charge in [-0.2, -0.15) is 0 Å². The fraction of sp³-hybridized carbons (Fsp3) is 0.882. The van der Waals surface area contributed by atoms with E-state index in [4.69, 9.17) is 9.47 Å². The van der Waals surface area contributed by atoms with Crippen LogP contribution in [-0.4, -0.2) is 42.8 Å². The van der Waals surface area contributed by atoms with Crippen LogP contribution in [-0.2, 0) is 14.3 Å². The predicted octanol–water partition coefficient (Wildman–Crippen LogP) is 3.61. The van der Waals surface area contributed by atoms with Gasteiger partial charge >= 0.3 is 12.1 Å². The first-order valence-corrected chi connectivity index (χ1v) is 8.31. The molecule has 1 aliphatic carbocycles. The molecular weight excluding hydrogens is 282 g/mol. The van der Waals surface area contributed by atoms with Crippen LogP contribution in [0.1, 0.15) is 59.8 Å². The summed E-state index contributed by atoms with van der Waals surface area (Å²) < 4.78 is 10.6. The van der Waals surface area contributed by atoms with E-state index in [-0.39, 0.29) is 12.1 Å². The maximum atomic E-state index is 12.0. The molecule has 0 spiro atoms. The number of carbonyl (C=O) groups is 2. The summed E-state index contributed by atoms with van der Waals surface area (Å²) in [5.74, 6) is 0.862. The Balaban J connectivity index is 2.27. The van der Waals surface area contributed by atoms with Crippen molar-refractivity contribution in [1.29, 1.82) is 0 Å². The van der Waals surface area contributed by atoms with Crippen molar-refractivity contribution in [2.45, 2.75) is 65.4 Å². The quantitative estimate of drug-likeness (QED) is 0.728. The van der Waals surface area contributed by atoms with Crippen molar-refractivity contribution in [2.24, 2.45) is 11.8 Å². The molecule has 0 aromatic heterocycles. The summed E-state index contributed by atoms with van der Waals surface area (Å²) in [6.45, 7) is 8.72. The Hall–Kier alpha value is -1.26. The van der Waals surface area contributed by atoms with Crippen molar-refractivity contribution < 1.29 is 19.1 Å². The summed E-state index contributed by atoms with van der Waals surface area (Å²) in [4.78, 5) is 24.8. The number of esters is 1. The Morgan fingerprint density at radius 3 is 2.14 bits per heavy atom. The largest absolute Gasteiger partial charge is 0.465 e. The molecule has 0 N–H and O–H groups in total. The molecule has 1 aliphatic rings. The van der Waals surface area contributed by atoms with Crippen molar-refractivity contribution in [2.75, 3.05) is 20.2 Å². The number of ether oxygens (including phenoxy) is 2. The van der Waals surface area contributed by atoms with Gasteiger partial charge in [-0.15, -0.1) is 0 Å². The number of carbonyl (C=O) groups excluding carboxylic acids is 2. The second-order valence-corrected chi connectivity index (χ2v) is 7.28. The minimum absolute atomic E-state index is 0.119. The molecule has 0 aliphatic heterocycles. The average molecular weight is 313 g/mol. The summed E-state index contributed by atoms with van der Waals surface area (Å²) in [6, 6.07) is 0. The van der Waals surface area contributed by atoms with E-state index >= 15 is 0 Å². The van der Waals surface area contributed by atoms with Crippen LogP contribution in [0.4, 0.5) is 4.79 Å². The molecule has 0 aromatic rings. The fourth-order valence-corrected chi connectivity index (χ4v) is 2.70. The Morgan fingerprint density at radius 1 is 1.09 bits per heavy atom. The first-order valence-electron chi connectivity index (χ1n) is 8.31. The molecule has 1 fully saturated rings. The molecule has 0 bridgehead atoms. The summed E-state index contributed by atoms with van der Waals surface area (Å²) in [7, 11) is 1.79. The van der Waals surface area contributed by atoms with E-state index in [2.05, 4.69) is 0 Å². The summed E-state index contributed by atoms with van der Waals surface area (Å²) in [5, 5.41) is 0. The third-order valence-corrected chi connectivity index (χ3v) is 3.97. The number of hydrogen-bond acceptors (Lipinski definition) is 4. The maximum Gasteiger partial charge on any atom is 0.410 e. The summed E-state index contributed by atoms with van der Waals surface area (Å²) >= 11 is 0. The molecule has 5 heteroatoms. The first kappa shape index (κ1) is 18.8. The smallest absolute Gasteiger partial charge is 0.410 e. The molecule has 128 valence electrons. The van der Waals surface area contributed by atoms with Crippen LogP contribution in [0.25, 0.3) is 0 Å². The standard InChI is InChI=1S/C17H31NO4/c1-6-15(19)21-12-14-9-7-13(8-10-14)11-18(5)16(20)22-17(2,3)4/h13-14H,6-12H2,1-5H3. The highest BCUT2D eigenvalue weighted by atomic mass is 16.6. The maximum absolute atomic E-state index is 12.0. The highest BCUT2D eigenvalue weighted by molar-refractivity contribution is 5.68. The molecule has 1 rings (SSSR count). The van der Waals surface area contributed by atoms with Gasteiger partial charge in [0.05, 0.1) is 6.61 Å². The van der Waals surface area contributed by atoms with Crippen molar-refractivity contribution in [3.05, 3.63) is 0 Å². The lowest BCUT2D eigenvalue weighted by Gasteiger charge is -2.32. The molecule has 0 saturated heterocycles. The van der Waals surface area contributed by atoms with Gasteiger partial charge in [0.25, 0.3) is 0 Å². The van der Waals surface area contributed by atoms with Crippen LogP contribution in [0.5, 0.6) is 0 Å². The number of amides is 1. The minimum Gasteiger partial charge on any atom is -0.465 e. The molecule has 5 nitrogen and oxygen atoms in total. The van der Waals surface area contributed by atoms with E-state index in [0.717, 1.165) is 32.2 Å². The van der Waals surface area contributed by atoms with Gasteiger partial charge in [-0.3, -0.25) is 4.79 Å². The van der Waals surface area contributed by atoms with Gasteiger partial charge in [-0.25, -0.2) is 4.79 Å². The monoisotopic (exact) mass is 313 g/mol. The number of nitrogens with zero attached hydrogens (tertiary/aromatic N) is 1. The highest BCUT2D eigenvalue weighted by Gasteiger charge is 2.26. The van der Waals surface area contributed by atoms with Crippen molar-refractivity contribution >= 4 is 12.1 Å². The number of hydrogen-bond donors (Lipinski definition) is 0. The summed E-state index contributed by atoms with van der Waals surface area (Å²) in [6.07, 6.45) is 4.44. The van der Waals surface area contributed by atoms with Crippen molar-refractivity contribution in [3.8, 4) is 0 Å². The Morgan fingerprint density at radius 2 is 1.64 bits per heavy atom. The molecule has 1 saturated carbocycles. The third-order valence-electron chi connectivity index (χ3n) is 3.97. The van der Waals surface area contributed by atoms with Gasteiger partial charge < -0.3 is 14.4 Å². The van der Waals surface area contributed by atoms with Crippen LogP contribution < -0.4 is 0 Å². The van der Waals surface area contributed by atoms with Crippen molar-refractivity contribution in [3.63, 3.8) is 0 Å². The summed E-state index contributed by atoms with van der Waals surface area (Å²) in [5.41, 5.74) is -0.452. The number of rotatable bonds is 5. The average Bonchev–Trinajstić information content (AvgIpc) is 2.44. The molecule has 0 radical (unpaired) electrons. The van der Waals surface area contributed by atoms with Crippen LogP contribution in [0.3, 0.4) is 0 Å². The van der Waals surface area contributed by atoms with E-state index in [1.807, 2.05) is 27.7 Å². The predicted molar refractivity (Wildman–Crippen MR) is 85.6 cm³/mol. The van der Waals surface area contributed by atoms with Gasteiger partial charge in [0, 0.05) is 20.0 Å². The van der Waals surface area contributed by atoms with Crippen LogP contribution >= 0.6 is 0 Å². The van der Waals surface area contributed by atoms with Crippen molar-refractivity contribution in [1.82, 2.24) is 4.90 Å². The zero-order valence-electron chi connectivity index (χ0n) is 14.7. The molecule has 0 aromatic carbocycles. The molecule has 0 atom stereocenters. The molecule has 22 heavy (non-hydrogen) atoms. The highest BCUT2D eigenvalue weighted by Crippen LogP contribution is 2.29.